The van der Waals surface area contributed by atoms with Crippen LogP contribution in [0.2, 0.25) is 0 Å². The lowest BCUT2D eigenvalue weighted by Gasteiger charge is -2.06. The number of nitrogens with zero attached hydrogens (tertiary/aromatic N) is 1. The third-order valence-electron chi connectivity index (χ3n) is 2.61. The van der Waals surface area contributed by atoms with E-state index in [9.17, 15) is 4.79 Å². The van der Waals surface area contributed by atoms with Crippen LogP contribution in [0.15, 0.2) is 36.5 Å². The average molecular weight is 215 g/mol. The van der Waals surface area contributed by atoms with Crippen LogP contribution in [0.3, 0.4) is 0 Å². The van der Waals surface area contributed by atoms with Crippen molar-refractivity contribution < 1.29 is 9.90 Å². The topological polar surface area (TPSA) is 50.2 Å². The SMILES string of the molecule is CC(Cc1cnc2ccccc2c1)C(=O)O. The van der Waals surface area contributed by atoms with Crippen molar-refractivity contribution in [2.75, 3.05) is 0 Å². The molecule has 3 nitrogen and oxygen atoms in total. The van der Waals surface area contributed by atoms with E-state index in [2.05, 4.69) is 4.98 Å². The summed E-state index contributed by atoms with van der Waals surface area (Å²) in [4.78, 5) is 15.0. The number of pyridine rings is 1. The Bertz CT molecular complexity index is 522. The molecule has 0 aliphatic heterocycles. The zero-order valence-corrected chi connectivity index (χ0v) is 9.05. The number of hydrogen-bond acceptors (Lipinski definition) is 2. The molecule has 0 radical (unpaired) electrons. The molecule has 0 aliphatic carbocycles. The van der Waals surface area contributed by atoms with Crippen LogP contribution in [0.1, 0.15) is 12.5 Å². The fraction of sp³-hybridized carbons (Fsp3) is 0.231. The molecule has 16 heavy (non-hydrogen) atoms. The summed E-state index contributed by atoms with van der Waals surface area (Å²) in [7, 11) is 0. The number of aromatic nitrogens is 1. The van der Waals surface area contributed by atoms with E-state index in [-0.39, 0.29) is 5.92 Å². The molecule has 0 fully saturated rings. The molecule has 1 N–H and O–H groups in total. The molecule has 2 rings (SSSR count). The van der Waals surface area contributed by atoms with Gasteiger partial charge in [0, 0.05) is 11.6 Å². The minimum Gasteiger partial charge on any atom is -0.481 e. The molecule has 2 aromatic rings. The van der Waals surface area contributed by atoms with E-state index in [1.54, 1.807) is 13.1 Å². The molecule has 0 saturated heterocycles. The number of benzene rings is 1. The minimum atomic E-state index is -0.770. The molecule has 0 amide bonds. The van der Waals surface area contributed by atoms with Crippen LogP contribution < -0.4 is 0 Å². The Morgan fingerprint density at radius 1 is 1.44 bits per heavy atom. The summed E-state index contributed by atoms with van der Waals surface area (Å²) >= 11 is 0. The van der Waals surface area contributed by atoms with Gasteiger partial charge >= 0.3 is 5.97 Å². The highest BCUT2D eigenvalue weighted by atomic mass is 16.4. The van der Waals surface area contributed by atoms with Gasteiger partial charge in [-0.3, -0.25) is 9.78 Å². The monoisotopic (exact) mass is 215 g/mol. The molecular formula is C13H13NO2. The summed E-state index contributed by atoms with van der Waals surface area (Å²) in [6, 6.07) is 9.82. The van der Waals surface area contributed by atoms with Crippen LogP contribution in [-0.2, 0) is 11.2 Å². The van der Waals surface area contributed by atoms with Crippen LogP contribution >= 0.6 is 0 Å². The van der Waals surface area contributed by atoms with Gasteiger partial charge in [0.2, 0.25) is 0 Å². The summed E-state index contributed by atoms with van der Waals surface area (Å²) in [6.45, 7) is 1.71. The number of aliphatic carboxylic acids is 1. The van der Waals surface area contributed by atoms with Crippen molar-refractivity contribution in [3.05, 3.63) is 42.1 Å². The van der Waals surface area contributed by atoms with Gasteiger partial charge in [0.1, 0.15) is 0 Å². The maximum absolute atomic E-state index is 10.7. The second-order valence-electron chi connectivity index (χ2n) is 3.98. The van der Waals surface area contributed by atoms with Gasteiger partial charge in [-0.15, -0.1) is 0 Å². The van der Waals surface area contributed by atoms with E-state index >= 15 is 0 Å². The Kier molecular flexibility index (Phi) is 2.86. The standard InChI is InChI=1S/C13H13NO2/c1-9(13(15)16)6-10-7-11-4-2-3-5-12(11)14-8-10/h2-5,7-9H,6H2,1H3,(H,15,16). The van der Waals surface area contributed by atoms with Crippen LogP contribution in [0.4, 0.5) is 0 Å². The molecule has 0 saturated carbocycles. The summed E-state index contributed by atoms with van der Waals surface area (Å²) in [5, 5.41) is 9.89. The largest absolute Gasteiger partial charge is 0.481 e. The Balaban J connectivity index is 2.29. The molecule has 1 atom stereocenters. The van der Waals surface area contributed by atoms with Crippen molar-refractivity contribution in [1.82, 2.24) is 4.98 Å². The van der Waals surface area contributed by atoms with Crippen molar-refractivity contribution in [1.29, 1.82) is 0 Å². The number of carboxylic acids is 1. The lowest BCUT2D eigenvalue weighted by molar-refractivity contribution is -0.141. The van der Waals surface area contributed by atoms with Crippen LogP contribution in [0, 0.1) is 5.92 Å². The zero-order chi connectivity index (χ0) is 11.5. The summed E-state index contributed by atoms with van der Waals surface area (Å²) in [5.41, 5.74) is 1.91. The number of hydrogen-bond donors (Lipinski definition) is 1. The highest BCUT2D eigenvalue weighted by molar-refractivity contribution is 5.79. The third-order valence-corrected chi connectivity index (χ3v) is 2.61. The van der Waals surface area contributed by atoms with Crippen LogP contribution in [0.5, 0.6) is 0 Å². The predicted molar refractivity (Wildman–Crippen MR) is 62.2 cm³/mol. The van der Waals surface area contributed by atoms with Gasteiger partial charge in [-0.05, 0) is 24.1 Å². The number of carbonyl (C=O) groups is 1. The molecule has 0 spiro atoms. The smallest absolute Gasteiger partial charge is 0.306 e. The first-order valence-corrected chi connectivity index (χ1v) is 5.23. The van der Waals surface area contributed by atoms with Crippen molar-refractivity contribution in [3.8, 4) is 0 Å². The fourth-order valence-electron chi connectivity index (χ4n) is 1.67. The van der Waals surface area contributed by atoms with Gasteiger partial charge in [0.25, 0.3) is 0 Å². The maximum Gasteiger partial charge on any atom is 0.306 e. The number of para-hydroxylation sites is 1. The Morgan fingerprint density at radius 3 is 2.94 bits per heavy atom. The van der Waals surface area contributed by atoms with E-state index in [0.29, 0.717) is 6.42 Å². The highest BCUT2D eigenvalue weighted by Gasteiger charge is 2.11. The normalized spacial score (nSPS) is 12.6. The van der Waals surface area contributed by atoms with E-state index < -0.39 is 5.97 Å². The Morgan fingerprint density at radius 2 is 2.19 bits per heavy atom. The van der Waals surface area contributed by atoms with Crippen molar-refractivity contribution >= 4 is 16.9 Å². The summed E-state index contributed by atoms with van der Waals surface area (Å²) in [6.07, 6.45) is 2.27. The lowest BCUT2D eigenvalue weighted by atomic mass is 10.0. The molecule has 1 unspecified atom stereocenters. The van der Waals surface area contributed by atoms with E-state index in [0.717, 1.165) is 16.5 Å². The first kappa shape index (κ1) is 10.6. The fourth-order valence-corrected chi connectivity index (χ4v) is 1.67. The van der Waals surface area contributed by atoms with E-state index in [1.807, 2.05) is 30.3 Å². The molecule has 3 heteroatoms. The first-order valence-electron chi connectivity index (χ1n) is 5.23. The quantitative estimate of drug-likeness (QED) is 0.855. The van der Waals surface area contributed by atoms with E-state index in [1.165, 1.54) is 0 Å². The molecule has 1 aromatic carbocycles. The first-order chi connectivity index (χ1) is 7.66. The Hall–Kier alpha value is -1.90. The molecule has 1 aromatic heterocycles. The van der Waals surface area contributed by atoms with Crippen molar-refractivity contribution in [2.24, 2.45) is 5.92 Å². The van der Waals surface area contributed by atoms with Crippen molar-refractivity contribution in [3.63, 3.8) is 0 Å². The second kappa shape index (κ2) is 4.31. The maximum atomic E-state index is 10.7. The number of carboxylic acid groups (broad SMARTS) is 1. The van der Waals surface area contributed by atoms with Gasteiger partial charge in [-0.1, -0.05) is 25.1 Å². The van der Waals surface area contributed by atoms with Gasteiger partial charge in [-0.25, -0.2) is 0 Å². The zero-order valence-electron chi connectivity index (χ0n) is 9.05. The molecule has 82 valence electrons. The van der Waals surface area contributed by atoms with Crippen molar-refractivity contribution in [2.45, 2.75) is 13.3 Å². The minimum absolute atomic E-state index is 0.372. The van der Waals surface area contributed by atoms with Gasteiger partial charge < -0.3 is 5.11 Å². The summed E-state index contributed by atoms with van der Waals surface area (Å²) < 4.78 is 0. The lowest BCUT2D eigenvalue weighted by Crippen LogP contribution is -2.12. The predicted octanol–water partition coefficient (Wildman–Crippen LogP) is 2.50. The van der Waals surface area contributed by atoms with Crippen LogP contribution in [-0.4, -0.2) is 16.1 Å². The second-order valence-corrected chi connectivity index (χ2v) is 3.98. The van der Waals surface area contributed by atoms with E-state index in [4.69, 9.17) is 5.11 Å². The number of rotatable bonds is 3. The summed E-state index contributed by atoms with van der Waals surface area (Å²) in [5.74, 6) is -1.14. The molecule has 1 heterocycles. The van der Waals surface area contributed by atoms with Gasteiger partial charge in [0.05, 0.1) is 11.4 Å². The third kappa shape index (κ3) is 2.19. The van der Waals surface area contributed by atoms with Crippen LogP contribution in [0.25, 0.3) is 10.9 Å². The highest BCUT2D eigenvalue weighted by Crippen LogP contribution is 2.15. The molecule has 0 bridgehead atoms. The average Bonchev–Trinajstić information content (AvgIpc) is 2.28. The van der Waals surface area contributed by atoms with Gasteiger partial charge in [-0.2, -0.15) is 0 Å². The molecular weight excluding hydrogens is 202 g/mol. The molecule has 0 aliphatic rings. The van der Waals surface area contributed by atoms with Gasteiger partial charge in [0.15, 0.2) is 0 Å². The Labute approximate surface area is 93.7 Å². The number of fused-ring (bicyclic) bond motifs is 1.